The Morgan fingerprint density at radius 2 is 2.14 bits per heavy atom. The minimum Gasteiger partial charge on any atom is -0.486 e. The highest BCUT2D eigenvalue weighted by atomic mass is 35.5. The molecule has 0 bridgehead atoms. The van der Waals surface area contributed by atoms with Crippen LogP contribution in [0, 0.1) is 0 Å². The molecule has 0 fully saturated rings. The highest BCUT2D eigenvalue weighted by Gasteiger charge is 2.21. The zero-order chi connectivity index (χ0) is 15.1. The molecule has 1 aromatic heterocycles. The Labute approximate surface area is 136 Å². The number of carbonyl (C=O) groups is 1. The van der Waals surface area contributed by atoms with Gasteiger partial charge in [0, 0.05) is 10.4 Å². The molecule has 1 aliphatic carbocycles. The molecule has 5 nitrogen and oxygen atoms in total. The van der Waals surface area contributed by atoms with Crippen LogP contribution in [0.15, 0.2) is 12.1 Å². The fraction of sp³-hybridized carbons (Fsp3) is 0.333. The first-order chi connectivity index (χ1) is 10.7. The van der Waals surface area contributed by atoms with Crippen LogP contribution in [0.3, 0.4) is 0 Å². The summed E-state index contributed by atoms with van der Waals surface area (Å²) < 4.78 is 10.9. The van der Waals surface area contributed by atoms with Crippen molar-refractivity contribution in [2.45, 2.75) is 19.3 Å². The fourth-order valence-corrected chi connectivity index (χ4v) is 3.97. The second-order valence-corrected chi connectivity index (χ2v) is 6.67. The molecule has 1 N–H and O–H groups in total. The van der Waals surface area contributed by atoms with Crippen LogP contribution in [0.5, 0.6) is 11.5 Å². The molecule has 1 amide bonds. The zero-order valence-corrected chi connectivity index (χ0v) is 13.2. The molecular formula is C15H13ClN2O3S. The number of aromatic nitrogens is 1. The SMILES string of the molecule is O=C(Nc1nc2c(s1)CCC2)c1cc(Cl)c2c(c1)OCCO2. The number of thiazole rings is 1. The van der Waals surface area contributed by atoms with E-state index in [9.17, 15) is 4.79 Å². The normalized spacial score (nSPS) is 15.5. The topological polar surface area (TPSA) is 60.5 Å². The molecule has 22 heavy (non-hydrogen) atoms. The molecule has 0 spiro atoms. The number of hydrogen-bond donors (Lipinski definition) is 1. The number of aryl methyl sites for hydroxylation is 2. The lowest BCUT2D eigenvalue weighted by Crippen LogP contribution is -2.17. The van der Waals surface area contributed by atoms with Crippen LogP contribution in [0.2, 0.25) is 5.02 Å². The lowest BCUT2D eigenvalue weighted by molar-refractivity contribution is 0.102. The summed E-state index contributed by atoms with van der Waals surface area (Å²) in [5.74, 6) is 0.759. The van der Waals surface area contributed by atoms with E-state index in [-0.39, 0.29) is 5.91 Å². The largest absolute Gasteiger partial charge is 0.486 e. The molecule has 2 heterocycles. The predicted octanol–water partition coefficient (Wildman–Crippen LogP) is 3.31. The summed E-state index contributed by atoms with van der Waals surface area (Å²) in [6, 6.07) is 3.24. The number of nitrogens with one attached hydrogen (secondary N) is 1. The van der Waals surface area contributed by atoms with Crippen LogP contribution in [-0.4, -0.2) is 24.1 Å². The molecule has 0 saturated carbocycles. The van der Waals surface area contributed by atoms with Crippen LogP contribution in [0.1, 0.15) is 27.3 Å². The monoisotopic (exact) mass is 336 g/mol. The molecule has 0 unspecified atom stereocenters. The van der Waals surface area contributed by atoms with Crippen molar-refractivity contribution < 1.29 is 14.3 Å². The van der Waals surface area contributed by atoms with Gasteiger partial charge in [0.25, 0.3) is 5.91 Å². The first-order valence-electron chi connectivity index (χ1n) is 7.10. The number of nitrogens with zero attached hydrogens (tertiary/aromatic N) is 1. The number of benzene rings is 1. The summed E-state index contributed by atoms with van der Waals surface area (Å²) >= 11 is 7.70. The van der Waals surface area contributed by atoms with Gasteiger partial charge in [-0.2, -0.15) is 0 Å². The highest BCUT2D eigenvalue weighted by Crippen LogP contribution is 2.38. The molecule has 114 valence electrons. The molecule has 0 saturated heterocycles. The molecule has 0 radical (unpaired) electrons. The molecule has 1 aliphatic heterocycles. The predicted molar refractivity (Wildman–Crippen MR) is 84.5 cm³/mol. The van der Waals surface area contributed by atoms with Gasteiger partial charge in [-0.15, -0.1) is 11.3 Å². The minimum atomic E-state index is -0.244. The molecule has 0 atom stereocenters. The molecule has 2 aromatic rings. The van der Waals surface area contributed by atoms with Gasteiger partial charge in [-0.05, 0) is 31.4 Å². The van der Waals surface area contributed by atoms with E-state index in [0.29, 0.717) is 40.4 Å². The minimum absolute atomic E-state index is 0.244. The maximum atomic E-state index is 12.4. The average Bonchev–Trinajstić information content (AvgIpc) is 3.08. The van der Waals surface area contributed by atoms with Crippen LogP contribution in [-0.2, 0) is 12.8 Å². The first-order valence-corrected chi connectivity index (χ1v) is 8.29. The maximum absolute atomic E-state index is 12.4. The number of hydrogen-bond acceptors (Lipinski definition) is 5. The zero-order valence-electron chi connectivity index (χ0n) is 11.6. The lowest BCUT2D eigenvalue weighted by atomic mass is 10.2. The van der Waals surface area contributed by atoms with Gasteiger partial charge in [-0.3, -0.25) is 10.1 Å². The van der Waals surface area contributed by atoms with Crippen molar-refractivity contribution in [3.05, 3.63) is 33.3 Å². The Bertz CT molecular complexity index is 738. The number of fused-ring (bicyclic) bond motifs is 2. The third-order valence-electron chi connectivity index (χ3n) is 3.68. The Morgan fingerprint density at radius 1 is 1.27 bits per heavy atom. The summed E-state index contributed by atoms with van der Waals surface area (Å²) in [4.78, 5) is 18.1. The molecule has 1 aromatic carbocycles. The van der Waals surface area contributed by atoms with Gasteiger partial charge in [-0.25, -0.2) is 4.98 Å². The second kappa shape index (κ2) is 5.44. The van der Waals surface area contributed by atoms with Crippen LogP contribution >= 0.6 is 22.9 Å². The summed E-state index contributed by atoms with van der Waals surface area (Å²) in [5, 5.41) is 3.85. The number of carbonyl (C=O) groups excluding carboxylic acids is 1. The Kier molecular flexibility index (Phi) is 3.43. The van der Waals surface area contributed by atoms with Crippen molar-refractivity contribution in [2.75, 3.05) is 18.5 Å². The number of amides is 1. The van der Waals surface area contributed by atoms with E-state index in [4.69, 9.17) is 21.1 Å². The van der Waals surface area contributed by atoms with Crippen LogP contribution < -0.4 is 14.8 Å². The van der Waals surface area contributed by atoms with E-state index in [1.54, 1.807) is 23.5 Å². The number of rotatable bonds is 2. The van der Waals surface area contributed by atoms with Gasteiger partial charge in [0.2, 0.25) is 0 Å². The van der Waals surface area contributed by atoms with Gasteiger partial charge in [0.15, 0.2) is 16.6 Å². The summed E-state index contributed by atoms with van der Waals surface area (Å²) in [5.41, 5.74) is 1.55. The summed E-state index contributed by atoms with van der Waals surface area (Å²) in [6.07, 6.45) is 3.20. The lowest BCUT2D eigenvalue weighted by Gasteiger charge is -2.20. The van der Waals surface area contributed by atoms with Gasteiger partial charge in [0.05, 0.1) is 10.7 Å². The van der Waals surface area contributed by atoms with E-state index >= 15 is 0 Å². The van der Waals surface area contributed by atoms with Gasteiger partial charge in [0.1, 0.15) is 13.2 Å². The maximum Gasteiger partial charge on any atom is 0.257 e. The third kappa shape index (κ3) is 2.42. The van der Waals surface area contributed by atoms with Crippen molar-refractivity contribution in [3.8, 4) is 11.5 Å². The van der Waals surface area contributed by atoms with E-state index in [1.165, 1.54) is 4.88 Å². The molecule has 7 heteroatoms. The smallest absolute Gasteiger partial charge is 0.257 e. The third-order valence-corrected chi connectivity index (χ3v) is 5.03. The fourth-order valence-electron chi connectivity index (χ4n) is 2.66. The van der Waals surface area contributed by atoms with Crippen molar-refractivity contribution in [1.29, 1.82) is 0 Å². The van der Waals surface area contributed by atoms with Crippen LogP contribution in [0.25, 0.3) is 0 Å². The quantitative estimate of drug-likeness (QED) is 0.914. The van der Waals surface area contributed by atoms with Gasteiger partial charge in [-0.1, -0.05) is 11.6 Å². The molecule has 2 aliphatic rings. The van der Waals surface area contributed by atoms with Crippen molar-refractivity contribution in [1.82, 2.24) is 4.98 Å². The second-order valence-electron chi connectivity index (χ2n) is 5.18. The van der Waals surface area contributed by atoms with Gasteiger partial charge < -0.3 is 9.47 Å². The number of anilines is 1. The van der Waals surface area contributed by atoms with E-state index in [1.807, 2.05) is 0 Å². The number of halogens is 1. The van der Waals surface area contributed by atoms with E-state index in [2.05, 4.69) is 10.3 Å². The van der Waals surface area contributed by atoms with Crippen molar-refractivity contribution in [3.63, 3.8) is 0 Å². The highest BCUT2D eigenvalue weighted by molar-refractivity contribution is 7.16. The van der Waals surface area contributed by atoms with Gasteiger partial charge >= 0.3 is 0 Å². The Balaban J connectivity index is 1.58. The van der Waals surface area contributed by atoms with Crippen molar-refractivity contribution in [2.24, 2.45) is 0 Å². The average molecular weight is 337 g/mol. The molecular weight excluding hydrogens is 324 g/mol. The Morgan fingerprint density at radius 3 is 3.00 bits per heavy atom. The van der Waals surface area contributed by atoms with Crippen LogP contribution in [0.4, 0.5) is 5.13 Å². The first kappa shape index (κ1) is 13.8. The number of ether oxygens (including phenoxy) is 2. The Hall–Kier alpha value is -1.79. The summed E-state index contributed by atoms with van der Waals surface area (Å²) in [7, 11) is 0. The van der Waals surface area contributed by atoms with E-state index in [0.717, 1.165) is 25.0 Å². The summed E-state index contributed by atoms with van der Waals surface area (Å²) in [6.45, 7) is 0.913. The van der Waals surface area contributed by atoms with Crippen molar-refractivity contribution >= 4 is 34.0 Å². The van der Waals surface area contributed by atoms with E-state index < -0.39 is 0 Å². The molecule has 4 rings (SSSR count). The standard InChI is InChI=1S/C15H13ClN2O3S/c16-9-6-8(7-11-13(9)21-5-4-20-11)14(19)18-15-17-10-2-1-3-12(10)22-15/h6-7H,1-5H2,(H,17,18,19).